The van der Waals surface area contributed by atoms with Crippen LogP contribution >= 0.6 is 0 Å². The molecule has 0 aromatic carbocycles. The van der Waals surface area contributed by atoms with Crippen LogP contribution in [-0.4, -0.2) is 18.7 Å². The molecule has 0 radical (unpaired) electrons. The average molecular weight is 230 g/mol. The van der Waals surface area contributed by atoms with Gasteiger partial charge in [-0.25, -0.2) is 0 Å². The van der Waals surface area contributed by atoms with Gasteiger partial charge >= 0.3 is 29.6 Å². The third kappa shape index (κ3) is 15.1. The van der Waals surface area contributed by atoms with Gasteiger partial charge in [0.05, 0.1) is 5.75 Å². The van der Waals surface area contributed by atoms with Crippen molar-refractivity contribution in [3.63, 3.8) is 0 Å². The second kappa shape index (κ2) is 10.2. The molecule has 0 aromatic heterocycles. The minimum Gasteiger partial charge on any atom is -1.00 e. The number of allylic oxidation sites excluding steroid dienone is 1. The predicted molar refractivity (Wildman–Crippen MR) is 55.4 cm³/mol. The minimum atomic E-state index is -3.81. The van der Waals surface area contributed by atoms with Crippen LogP contribution in [0.25, 0.3) is 0 Å². The van der Waals surface area contributed by atoms with Crippen LogP contribution in [0.1, 0.15) is 40.5 Å². The van der Waals surface area contributed by atoms with Crippen molar-refractivity contribution in [1.29, 1.82) is 0 Å². The van der Waals surface area contributed by atoms with Crippen LogP contribution in [0.15, 0.2) is 12.2 Å². The first-order valence-electron chi connectivity index (χ1n) is 4.66. The van der Waals surface area contributed by atoms with E-state index in [2.05, 4.69) is 6.92 Å². The van der Waals surface area contributed by atoms with Crippen molar-refractivity contribution in [2.24, 2.45) is 0 Å². The van der Waals surface area contributed by atoms with Crippen LogP contribution in [0.5, 0.6) is 0 Å². The Hall–Kier alpha value is 0.650. The molecular weight excluding hydrogens is 211 g/mol. The van der Waals surface area contributed by atoms with E-state index in [0.717, 1.165) is 12.8 Å². The summed E-state index contributed by atoms with van der Waals surface area (Å²) in [4.78, 5) is 0. The summed E-state index contributed by atoms with van der Waals surface area (Å²) >= 11 is 0. The van der Waals surface area contributed by atoms with E-state index in [-0.39, 0.29) is 36.7 Å². The molecule has 0 rings (SSSR count). The normalized spacial score (nSPS) is 11.6. The molecule has 0 aliphatic rings. The zero-order valence-corrected chi connectivity index (χ0v) is 11.9. The summed E-state index contributed by atoms with van der Waals surface area (Å²) in [5, 5.41) is 0. The van der Waals surface area contributed by atoms with Gasteiger partial charge in [-0.2, -0.15) is 8.42 Å². The quantitative estimate of drug-likeness (QED) is 0.278. The van der Waals surface area contributed by atoms with Gasteiger partial charge in [-0.3, -0.25) is 4.55 Å². The van der Waals surface area contributed by atoms with Crippen molar-refractivity contribution in [1.82, 2.24) is 0 Å². The van der Waals surface area contributed by atoms with Crippen molar-refractivity contribution in [3.8, 4) is 0 Å². The zero-order chi connectivity index (χ0) is 10.2. The fourth-order valence-electron chi connectivity index (χ4n) is 0.996. The average Bonchev–Trinajstić information content (AvgIpc) is 2.01. The van der Waals surface area contributed by atoms with E-state index in [4.69, 9.17) is 4.55 Å². The Morgan fingerprint density at radius 1 is 1.21 bits per heavy atom. The van der Waals surface area contributed by atoms with E-state index in [1.807, 2.05) is 6.08 Å². The third-order valence-corrected chi connectivity index (χ3v) is 2.31. The van der Waals surface area contributed by atoms with Gasteiger partial charge in [0.1, 0.15) is 0 Å². The summed E-state index contributed by atoms with van der Waals surface area (Å²) in [7, 11) is -3.81. The summed E-state index contributed by atoms with van der Waals surface area (Å²) in [6, 6.07) is 0. The molecule has 0 bridgehead atoms. The number of hydrogen-bond acceptors (Lipinski definition) is 2. The van der Waals surface area contributed by atoms with E-state index in [1.165, 1.54) is 25.3 Å². The van der Waals surface area contributed by atoms with Gasteiger partial charge in [-0.1, -0.05) is 38.3 Å². The van der Waals surface area contributed by atoms with Crippen LogP contribution in [0.2, 0.25) is 0 Å². The number of hydrogen-bond donors (Lipinski definition) is 1. The Morgan fingerprint density at radius 3 is 2.36 bits per heavy atom. The molecule has 0 aromatic rings. The molecule has 0 amide bonds. The predicted octanol–water partition coefficient (Wildman–Crippen LogP) is -0.483. The van der Waals surface area contributed by atoms with Crippen LogP contribution in [0.4, 0.5) is 0 Å². The topological polar surface area (TPSA) is 54.4 Å². The first-order chi connectivity index (χ1) is 6.06. The molecule has 5 heteroatoms. The Balaban J connectivity index is -0.000000720. The second-order valence-electron chi connectivity index (χ2n) is 3.07. The van der Waals surface area contributed by atoms with Crippen molar-refractivity contribution in [2.75, 3.05) is 5.75 Å². The van der Waals surface area contributed by atoms with Crippen molar-refractivity contribution in [2.45, 2.75) is 39.0 Å². The molecule has 0 atom stereocenters. The molecule has 0 heterocycles. The first-order valence-corrected chi connectivity index (χ1v) is 6.27. The Bertz CT molecular complexity index is 240. The van der Waals surface area contributed by atoms with E-state index in [0.29, 0.717) is 0 Å². The Kier molecular flexibility index (Phi) is 12.4. The molecule has 0 saturated carbocycles. The summed E-state index contributed by atoms with van der Waals surface area (Å²) in [6.45, 7) is 2.15. The molecule has 0 saturated heterocycles. The largest absolute Gasteiger partial charge is 1.00 e. The molecular formula is C9H19NaO3S. The van der Waals surface area contributed by atoms with E-state index >= 15 is 0 Å². The molecule has 3 nitrogen and oxygen atoms in total. The maximum atomic E-state index is 10.3. The fraction of sp³-hybridized carbons (Fsp3) is 0.778. The smallest absolute Gasteiger partial charge is 1.00 e. The molecule has 0 aliphatic carbocycles. The van der Waals surface area contributed by atoms with Gasteiger partial charge in [-0.05, 0) is 12.8 Å². The zero-order valence-electron chi connectivity index (χ0n) is 10.1. The summed E-state index contributed by atoms with van der Waals surface area (Å²) in [5.74, 6) is -0.263. The molecule has 0 fully saturated rings. The van der Waals surface area contributed by atoms with Crippen LogP contribution < -0.4 is 29.6 Å². The minimum absolute atomic E-state index is 0. The monoisotopic (exact) mass is 230 g/mol. The SMILES string of the molecule is CCCCCC/C=C/CS(=O)(=O)O.[H-].[Na+]. The molecule has 0 spiro atoms. The molecule has 0 aliphatic heterocycles. The van der Waals surface area contributed by atoms with Crippen molar-refractivity contribution >= 4 is 10.1 Å². The summed E-state index contributed by atoms with van der Waals surface area (Å²) in [6.07, 6.45) is 8.92. The summed E-state index contributed by atoms with van der Waals surface area (Å²) in [5.41, 5.74) is 0. The third-order valence-electron chi connectivity index (χ3n) is 1.70. The van der Waals surface area contributed by atoms with Crippen LogP contribution in [0.3, 0.4) is 0 Å². The van der Waals surface area contributed by atoms with E-state index in [1.54, 1.807) is 0 Å². The standard InChI is InChI=1S/C9H18O3S.Na.H/c1-2-3-4-5-6-7-8-9-13(10,11)12;;/h7-8H,2-6,9H2,1H3,(H,10,11,12);;/q;+1;-1/b8-7+;;. The van der Waals surface area contributed by atoms with Gasteiger partial charge in [0.15, 0.2) is 0 Å². The van der Waals surface area contributed by atoms with Gasteiger partial charge in [0.25, 0.3) is 10.1 Å². The van der Waals surface area contributed by atoms with Crippen LogP contribution in [-0.2, 0) is 10.1 Å². The fourth-order valence-corrected chi connectivity index (χ4v) is 1.38. The first kappa shape index (κ1) is 17.1. The van der Waals surface area contributed by atoms with Crippen LogP contribution in [0, 0.1) is 0 Å². The Morgan fingerprint density at radius 2 is 1.86 bits per heavy atom. The molecule has 14 heavy (non-hydrogen) atoms. The molecule has 80 valence electrons. The van der Waals surface area contributed by atoms with E-state index in [9.17, 15) is 8.42 Å². The van der Waals surface area contributed by atoms with Crippen molar-refractivity contribution < 1.29 is 44.0 Å². The number of rotatable bonds is 7. The van der Waals surface area contributed by atoms with Crippen molar-refractivity contribution in [3.05, 3.63) is 12.2 Å². The Labute approximate surface area is 110 Å². The van der Waals surface area contributed by atoms with Gasteiger partial charge in [0, 0.05) is 0 Å². The van der Waals surface area contributed by atoms with Gasteiger partial charge in [-0.15, -0.1) is 0 Å². The maximum absolute atomic E-state index is 10.3. The summed E-state index contributed by atoms with van der Waals surface area (Å²) < 4.78 is 28.9. The second-order valence-corrected chi connectivity index (χ2v) is 4.57. The maximum Gasteiger partial charge on any atom is 1.00 e. The van der Waals surface area contributed by atoms with Gasteiger partial charge < -0.3 is 1.43 Å². The number of unbranched alkanes of at least 4 members (excludes halogenated alkanes) is 4. The molecule has 0 unspecified atom stereocenters. The van der Waals surface area contributed by atoms with E-state index < -0.39 is 10.1 Å². The molecule has 1 N–H and O–H groups in total. The van der Waals surface area contributed by atoms with Gasteiger partial charge in [0.2, 0.25) is 0 Å².